The van der Waals surface area contributed by atoms with Crippen LogP contribution in [0.15, 0.2) is 12.4 Å². The number of halogens is 1. The Kier molecular flexibility index (Phi) is 4.14. The molecule has 1 aromatic rings. The van der Waals surface area contributed by atoms with Crippen LogP contribution in [0.25, 0.3) is 0 Å². The van der Waals surface area contributed by atoms with Crippen molar-refractivity contribution < 1.29 is 19.0 Å². The van der Waals surface area contributed by atoms with Gasteiger partial charge in [0.25, 0.3) is 0 Å². The summed E-state index contributed by atoms with van der Waals surface area (Å²) in [5, 5.41) is 9.35. The Hall–Kier alpha value is -1.76. The normalized spacial score (nSPS) is 37.0. The third-order valence-corrected chi connectivity index (χ3v) is 6.29. The first-order chi connectivity index (χ1) is 12.0. The molecule has 4 rings (SSSR count). The van der Waals surface area contributed by atoms with Crippen molar-refractivity contribution in [1.29, 1.82) is 0 Å². The van der Waals surface area contributed by atoms with Gasteiger partial charge in [-0.25, -0.2) is 19.2 Å². The summed E-state index contributed by atoms with van der Waals surface area (Å²) in [5.41, 5.74) is 0.0164. The zero-order chi connectivity index (χ0) is 17.6. The molecule has 1 aromatic heterocycles. The summed E-state index contributed by atoms with van der Waals surface area (Å²) in [6.07, 6.45) is 7.47. The number of carbonyl (C=O) groups is 1. The van der Waals surface area contributed by atoms with Gasteiger partial charge in [0, 0.05) is 11.5 Å². The second-order valence-electron chi connectivity index (χ2n) is 7.78. The fourth-order valence-corrected chi connectivity index (χ4v) is 4.78. The van der Waals surface area contributed by atoms with Crippen molar-refractivity contribution >= 4 is 6.09 Å². The predicted octanol–water partition coefficient (Wildman–Crippen LogP) is 2.97. The van der Waals surface area contributed by atoms with Crippen molar-refractivity contribution in [2.45, 2.75) is 69.1 Å². The molecule has 1 saturated heterocycles. The van der Waals surface area contributed by atoms with E-state index in [4.69, 9.17) is 4.74 Å². The van der Waals surface area contributed by atoms with Gasteiger partial charge in [0.1, 0.15) is 5.82 Å². The molecule has 3 fully saturated rings. The molecule has 5 atom stereocenters. The SMILES string of the molecule is CC1CCC(CO[C@@H]2CC[C@]3(c4ncc(F)cn4)C[C@@H]3C2)N1C(=O)O. The molecule has 0 spiro atoms. The topological polar surface area (TPSA) is 75.6 Å². The van der Waals surface area contributed by atoms with E-state index in [-0.39, 0.29) is 23.6 Å². The Bertz CT molecular complexity index is 655. The summed E-state index contributed by atoms with van der Waals surface area (Å²) in [4.78, 5) is 21.3. The molecule has 1 aliphatic heterocycles. The van der Waals surface area contributed by atoms with Crippen molar-refractivity contribution in [1.82, 2.24) is 14.9 Å². The first kappa shape index (κ1) is 16.7. The van der Waals surface area contributed by atoms with Gasteiger partial charge in [-0.1, -0.05) is 0 Å². The van der Waals surface area contributed by atoms with Gasteiger partial charge in [-0.05, 0) is 51.4 Å². The van der Waals surface area contributed by atoms with Crippen LogP contribution in [-0.4, -0.2) is 50.9 Å². The van der Waals surface area contributed by atoms with Crippen molar-refractivity contribution in [2.24, 2.45) is 5.92 Å². The molecule has 0 bridgehead atoms. The fourth-order valence-electron chi connectivity index (χ4n) is 4.78. The number of rotatable bonds is 4. The van der Waals surface area contributed by atoms with Gasteiger partial charge in [-0.2, -0.15) is 0 Å². The van der Waals surface area contributed by atoms with Crippen LogP contribution >= 0.6 is 0 Å². The van der Waals surface area contributed by atoms with E-state index in [0.29, 0.717) is 12.5 Å². The maximum Gasteiger partial charge on any atom is 0.407 e. The van der Waals surface area contributed by atoms with E-state index >= 15 is 0 Å². The van der Waals surface area contributed by atoms with Crippen LogP contribution in [-0.2, 0) is 10.2 Å². The molecule has 7 heteroatoms. The van der Waals surface area contributed by atoms with E-state index in [1.807, 2.05) is 6.92 Å². The van der Waals surface area contributed by atoms with Crippen molar-refractivity contribution in [2.75, 3.05) is 6.61 Å². The third-order valence-electron chi connectivity index (χ3n) is 6.29. The average Bonchev–Trinajstić information content (AvgIpc) is 3.20. The van der Waals surface area contributed by atoms with Gasteiger partial charge in [0.2, 0.25) is 0 Å². The van der Waals surface area contributed by atoms with Gasteiger partial charge < -0.3 is 14.7 Å². The quantitative estimate of drug-likeness (QED) is 0.904. The molecule has 136 valence electrons. The van der Waals surface area contributed by atoms with E-state index in [1.54, 1.807) is 0 Å². The average molecular weight is 349 g/mol. The number of carboxylic acid groups (broad SMARTS) is 1. The highest BCUT2D eigenvalue weighted by Gasteiger charge is 2.59. The lowest BCUT2D eigenvalue weighted by atomic mass is 9.86. The number of nitrogens with zero attached hydrogens (tertiary/aromatic N) is 3. The van der Waals surface area contributed by atoms with Crippen LogP contribution in [0.2, 0.25) is 0 Å². The molecule has 1 amide bonds. The zero-order valence-electron chi connectivity index (χ0n) is 14.4. The number of hydrogen-bond donors (Lipinski definition) is 1. The van der Waals surface area contributed by atoms with Crippen molar-refractivity contribution in [3.8, 4) is 0 Å². The highest BCUT2D eigenvalue weighted by Crippen LogP contribution is 2.61. The van der Waals surface area contributed by atoms with Gasteiger partial charge in [0.15, 0.2) is 5.82 Å². The first-order valence-corrected chi connectivity index (χ1v) is 9.10. The molecule has 25 heavy (non-hydrogen) atoms. The molecule has 2 heterocycles. The van der Waals surface area contributed by atoms with Crippen LogP contribution in [0.1, 0.15) is 51.3 Å². The molecule has 2 unspecified atom stereocenters. The first-order valence-electron chi connectivity index (χ1n) is 9.10. The summed E-state index contributed by atoms with van der Waals surface area (Å²) < 4.78 is 19.1. The Morgan fingerprint density at radius 3 is 2.84 bits per heavy atom. The summed E-state index contributed by atoms with van der Waals surface area (Å²) in [6.45, 7) is 2.43. The molecule has 0 radical (unpaired) electrons. The second kappa shape index (κ2) is 6.20. The zero-order valence-corrected chi connectivity index (χ0v) is 14.4. The number of aromatic nitrogens is 2. The second-order valence-corrected chi connectivity index (χ2v) is 7.78. The highest BCUT2D eigenvalue weighted by molar-refractivity contribution is 5.66. The number of fused-ring (bicyclic) bond motifs is 1. The largest absolute Gasteiger partial charge is 0.465 e. The number of amides is 1. The predicted molar refractivity (Wildman–Crippen MR) is 87.7 cm³/mol. The molecule has 1 N–H and O–H groups in total. The van der Waals surface area contributed by atoms with Gasteiger partial charge in [-0.15, -0.1) is 0 Å². The smallest absolute Gasteiger partial charge is 0.407 e. The van der Waals surface area contributed by atoms with E-state index in [2.05, 4.69) is 9.97 Å². The maximum atomic E-state index is 13.0. The summed E-state index contributed by atoms with van der Waals surface area (Å²) in [6, 6.07) is 0.0444. The van der Waals surface area contributed by atoms with E-state index in [9.17, 15) is 14.3 Å². The minimum absolute atomic E-state index is 0.0164. The van der Waals surface area contributed by atoms with Crippen LogP contribution in [0.3, 0.4) is 0 Å². The minimum Gasteiger partial charge on any atom is -0.465 e. The van der Waals surface area contributed by atoms with E-state index in [1.165, 1.54) is 17.3 Å². The van der Waals surface area contributed by atoms with Crippen LogP contribution in [0, 0.1) is 11.7 Å². The maximum absolute atomic E-state index is 13.0. The monoisotopic (exact) mass is 349 g/mol. The van der Waals surface area contributed by atoms with Crippen molar-refractivity contribution in [3.63, 3.8) is 0 Å². The van der Waals surface area contributed by atoms with E-state index < -0.39 is 11.9 Å². The van der Waals surface area contributed by atoms with Crippen molar-refractivity contribution in [3.05, 3.63) is 24.0 Å². The molecule has 6 nitrogen and oxygen atoms in total. The lowest BCUT2D eigenvalue weighted by Crippen LogP contribution is -2.42. The third kappa shape index (κ3) is 2.99. The Morgan fingerprint density at radius 1 is 1.40 bits per heavy atom. The molecule has 2 saturated carbocycles. The lowest BCUT2D eigenvalue weighted by molar-refractivity contribution is -0.00596. The number of likely N-dealkylation sites (tertiary alicyclic amines) is 1. The van der Waals surface area contributed by atoms with Gasteiger partial charge in [-0.3, -0.25) is 0 Å². The molecule has 2 aliphatic carbocycles. The summed E-state index contributed by atoms with van der Waals surface area (Å²) in [5.74, 6) is 0.858. The molecular formula is C18H24FN3O3. The number of ether oxygens (including phenoxy) is 1. The molecule has 0 aromatic carbocycles. The highest BCUT2D eigenvalue weighted by atomic mass is 19.1. The minimum atomic E-state index is -0.850. The Morgan fingerprint density at radius 2 is 2.16 bits per heavy atom. The van der Waals surface area contributed by atoms with Gasteiger partial charge in [0.05, 0.1) is 31.1 Å². The fraction of sp³-hybridized carbons (Fsp3) is 0.722. The molecular weight excluding hydrogens is 325 g/mol. The summed E-state index contributed by atoms with van der Waals surface area (Å²) in [7, 11) is 0. The summed E-state index contributed by atoms with van der Waals surface area (Å²) >= 11 is 0. The van der Waals surface area contributed by atoms with E-state index in [0.717, 1.165) is 44.3 Å². The van der Waals surface area contributed by atoms with Crippen LogP contribution in [0.4, 0.5) is 9.18 Å². The number of hydrogen-bond acceptors (Lipinski definition) is 4. The lowest BCUT2D eigenvalue weighted by Gasteiger charge is -2.30. The molecule has 3 aliphatic rings. The van der Waals surface area contributed by atoms with Crippen LogP contribution in [0.5, 0.6) is 0 Å². The van der Waals surface area contributed by atoms with Crippen LogP contribution < -0.4 is 0 Å². The standard InChI is InChI=1S/C18H24FN3O3/c1-11-2-3-14(22(11)17(23)24)10-25-15-4-5-18(7-12(18)6-15)16-20-8-13(19)9-21-16/h8-9,11-12,14-15H,2-7,10H2,1H3,(H,23,24)/t11?,12-,14?,15+,18-/m0/s1. The Balaban J connectivity index is 1.31. The van der Waals surface area contributed by atoms with Gasteiger partial charge >= 0.3 is 6.09 Å². The Labute approximate surface area is 146 Å².